The molecule has 132 valence electrons. The lowest BCUT2D eigenvalue weighted by atomic mass is 10.2. The van der Waals surface area contributed by atoms with Crippen molar-refractivity contribution in [1.29, 1.82) is 5.26 Å². The molecule has 2 N–H and O–H groups in total. The molecular weight excluding hydrogens is 304 g/mol. The monoisotopic (exact) mass is 332 g/mol. The van der Waals surface area contributed by atoms with Crippen LogP contribution in [0.15, 0.2) is 0 Å². The number of amides is 1. The van der Waals surface area contributed by atoms with Gasteiger partial charge in [0.1, 0.15) is 11.9 Å². The van der Waals surface area contributed by atoms with Gasteiger partial charge >= 0.3 is 0 Å². The maximum Gasteiger partial charge on any atom is 0.239 e. The first-order chi connectivity index (χ1) is 11.5. The fourth-order valence-electron chi connectivity index (χ4n) is 3.57. The summed E-state index contributed by atoms with van der Waals surface area (Å²) in [5, 5.41) is 21.6. The Bertz CT molecular complexity index is 624. The summed E-state index contributed by atoms with van der Waals surface area (Å²) in [6, 6.07) is 2.62. The van der Waals surface area contributed by atoms with Crippen molar-refractivity contribution in [3.8, 4) is 6.07 Å². The average molecular weight is 332 g/mol. The highest BCUT2D eigenvalue weighted by Gasteiger charge is 2.26. The number of carbonyl (C=O) groups excluding carboxylic acids is 1. The second-order valence-electron chi connectivity index (χ2n) is 6.49. The molecule has 1 saturated carbocycles. The van der Waals surface area contributed by atoms with Gasteiger partial charge in [0.15, 0.2) is 0 Å². The molecule has 0 saturated heterocycles. The van der Waals surface area contributed by atoms with Gasteiger partial charge in [-0.25, -0.2) is 0 Å². The molecule has 6 heteroatoms. The van der Waals surface area contributed by atoms with Crippen molar-refractivity contribution in [3.05, 3.63) is 16.8 Å². The third kappa shape index (κ3) is 3.80. The Balaban J connectivity index is 2.26. The maximum absolute atomic E-state index is 12.5. The molecule has 0 aliphatic heterocycles. The summed E-state index contributed by atoms with van der Waals surface area (Å²) in [5.41, 5.74) is 2.58. The van der Waals surface area contributed by atoms with Crippen molar-refractivity contribution < 1.29 is 9.90 Å². The molecule has 1 aromatic heterocycles. The predicted molar refractivity (Wildman–Crippen MR) is 94.0 cm³/mol. The van der Waals surface area contributed by atoms with Gasteiger partial charge in [-0.3, -0.25) is 9.69 Å². The lowest BCUT2D eigenvalue weighted by Crippen LogP contribution is -2.35. The summed E-state index contributed by atoms with van der Waals surface area (Å²) in [6.07, 6.45) is 4.57. The zero-order chi connectivity index (χ0) is 17.7. The van der Waals surface area contributed by atoms with E-state index in [0.717, 1.165) is 24.1 Å². The van der Waals surface area contributed by atoms with Crippen molar-refractivity contribution in [2.45, 2.75) is 52.5 Å². The normalized spacial score (nSPS) is 15.0. The van der Waals surface area contributed by atoms with Gasteiger partial charge in [0.25, 0.3) is 0 Å². The molecule has 2 rings (SSSR count). The average Bonchev–Trinajstić information content (AvgIpc) is 3.15. The maximum atomic E-state index is 12.5. The second kappa shape index (κ2) is 8.32. The highest BCUT2D eigenvalue weighted by Crippen LogP contribution is 2.37. The van der Waals surface area contributed by atoms with Gasteiger partial charge < -0.3 is 15.0 Å². The number of nitriles is 1. The van der Waals surface area contributed by atoms with E-state index < -0.39 is 0 Å². The van der Waals surface area contributed by atoms with Crippen LogP contribution < -0.4 is 5.32 Å². The number of anilines is 1. The Kier molecular flexibility index (Phi) is 6.41. The minimum Gasteiger partial charge on any atom is -0.395 e. The molecule has 0 unspecified atom stereocenters. The van der Waals surface area contributed by atoms with Crippen LogP contribution in [-0.4, -0.2) is 46.7 Å². The van der Waals surface area contributed by atoms with Gasteiger partial charge in [0.2, 0.25) is 5.91 Å². The molecule has 0 atom stereocenters. The molecule has 24 heavy (non-hydrogen) atoms. The van der Waals surface area contributed by atoms with Crippen molar-refractivity contribution in [3.63, 3.8) is 0 Å². The predicted octanol–water partition coefficient (Wildman–Crippen LogP) is 2.34. The van der Waals surface area contributed by atoms with Crippen molar-refractivity contribution in [2.75, 3.05) is 31.6 Å². The quantitative estimate of drug-likeness (QED) is 0.803. The fourth-order valence-corrected chi connectivity index (χ4v) is 3.57. The molecule has 1 aliphatic carbocycles. The third-order valence-electron chi connectivity index (χ3n) is 5.05. The fraction of sp³-hybridized carbons (Fsp3) is 0.667. The Morgan fingerprint density at radius 3 is 2.62 bits per heavy atom. The third-order valence-corrected chi connectivity index (χ3v) is 5.05. The first-order valence-electron chi connectivity index (χ1n) is 8.78. The van der Waals surface area contributed by atoms with Crippen molar-refractivity contribution in [1.82, 2.24) is 9.47 Å². The van der Waals surface area contributed by atoms with E-state index in [1.807, 2.05) is 25.7 Å². The molecule has 0 radical (unpaired) electrons. The van der Waals surface area contributed by atoms with Crippen LogP contribution in [0.4, 0.5) is 5.82 Å². The minimum absolute atomic E-state index is 0.0290. The highest BCUT2D eigenvalue weighted by molar-refractivity contribution is 5.93. The number of likely N-dealkylation sites (N-methyl/N-ethyl adjacent to an activating group) is 1. The molecule has 0 aromatic carbocycles. The number of hydrogen-bond donors (Lipinski definition) is 2. The number of rotatable bonds is 7. The van der Waals surface area contributed by atoms with Crippen LogP contribution in [0.25, 0.3) is 0 Å². The summed E-state index contributed by atoms with van der Waals surface area (Å²) in [4.78, 5) is 14.3. The molecule has 0 bridgehead atoms. The number of aliphatic hydroxyl groups is 1. The van der Waals surface area contributed by atoms with E-state index >= 15 is 0 Å². The van der Waals surface area contributed by atoms with E-state index in [9.17, 15) is 10.1 Å². The van der Waals surface area contributed by atoms with Crippen LogP contribution >= 0.6 is 0 Å². The Morgan fingerprint density at radius 2 is 2.08 bits per heavy atom. The topological polar surface area (TPSA) is 81.3 Å². The largest absolute Gasteiger partial charge is 0.395 e. The van der Waals surface area contributed by atoms with Gasteiger partial charge in [0.05, 0.1) is 18.7 Å². The van der Waals surface area contributed by atoms with E-state index in [1.54, 1.807) is 0 Å². The molecule has 1 aromatic rings. The first kappa shape index (κ1) is 18.5. The molecule has 1 aliphatic rings. The molecule has 1 amide bonds. The van der Waals surface area contributed by atoms with Gasteiger partial charge in [-0.1, -0.05) is 19.8 Å². The highest BCUT2D eigenvalue weighted by atomic mass is 16.3. The van der Waals surface area contributed by atoms with E-state index in [-0.39, 0.29) is 19.1 Å². The number of aromatic nitrogens is 1. The van der Waals surface area contributed by atoms with E-state index in [2.05, 4.69) is 16.0 Å². The van der Waals surface area contributed by atoms with Gasteiger partial charge in [-0.05, 0) is 38.8 Å². The Hall–Kier alpha value is -1.84. The van der Waals surface area contributed by atoms with E-state index in [1.165, 1.54) is 12.8 Å². The van der Waals surface area contributed by atoms with E-state index in [0.29, 0.717) is 30.5 Å². The van der Waals surface area contributed by atoms with Gasteiger partial charge in [0, 0.05) is 18.3 Å². The second-order valence-corrected chi connectivity index (χ2v) is 6.49. The van der Waals surface area contributed by atoms with Crippen LogP contribution in [-0.2, 0) is 4.79 Å². The van der Waals surface area contributed by atoms with Crippen molar-refractivity contribution in [2.24, 2.45) is 0 Å². The number of nitrogens with one attached hydrogen (secondary N) is 1. The minimum atomic E-state index is -0.140. The zero-order valence-corrected chi connectivity index (χ0v) is 14.9. The van der Waals surface area contributed by atoms with Crippen LogP contribution in [0, 0.1) is 25.2 Å². The van der Waals surface area contributed by atoms with E-state index in [4.69, 9.17) is 5.11 Å². The summed E-state index contributed by atoms with van der Waals surface area (Å²) >= 11 is 0. The molecular formula is C18H28N4O2. The summed E-state index contributed by atoms with van der Waals surface area (Å²) in [7, 11) is 0. The zero-order valence-electron chi connectivity index (χ0n) is 14.9. The first-order valence-corrected chi connectivity index (χ1v) is 8.78. The summed E-state index contributed by atoms with van der Waals surface area (Å²) in [5.74, 6) is 0.503. The van der Waals surface area contributed by atoms with Crippen LogP contribution in [0.5, 0.6) is 0 Å². The lowest BCUT2D eigenvalue weighted by molar-refractivity contribution is -0.117. The number of nitrogens with zero attached hydrogens (tertiary/aromatic N) is 3. The van der Waals surface area contributed by atoms with Gasteiger partial charge in [-0.2, -0.15) is 5.26 Å². The molecule has 1 heterocycles. The molecule has 0 spiro atoms. The number of hydrogen-bond acceptors (Lipinski definition) is 4. The molecule has 1 fully saturated rings. The van der Waals surface area contributed by atoms with Crippen molar-refractivity contribution >= 4 is 11.7 Å². The Morgan fingerprint density at radius 1 is 1.42 bits per heavy atom. The SMILES string of the molecule is CCN(CCO)CC(=O)Nc1c(C#N)c(C)c(C)n1C1CCCC1. The standard InChI is InChI=1S/C18H28N4O2/c1-4-21(9-10-23)12-17(24)20-18-16(11-19)13(2)14(3)22(18)15-7-5-6-8-15/h15,23H,4-10,12H2,1-3H3,(H,20,24). The van der Waals surface area contributed by atoms with Crippen LogP contribution in [0.3, 0.4) is 0 Å². The summed E-state index contributed by atoms with van der Waals surface area (Å²) < 4.78 is 2.15. The Labute approximate surface area is 144 Å². The molecule has 6 nitrogen and oxygen atoms in total. The van der Waals surface area contributed by atoms with Crippen LogP contribution in [0.1, 0.15) is 55.5 Å². The number of aliphatic hydroxyl groups excluding tert-OH is 1. The van der Waals surface area contributed by atoms with Crippen LogP contribution in [0.2, 0.25) is 0 Å². The summed E-state index contributed by atoms with van der Waals surface area (Å²) in [6.45, 7) is 7.33. The number of carbonyl (C=O) groups is 1. The lowest BCUT2D eigenvalue weighted by Gasteiger charge is -2.21. The smallest absolute Gasteiger partial charge is 0.239 e. The van der Waals surface area contributed by atoms with Gasteiger partial charge in [-0.15, -0.1) is 0 Å².